The summed E-state index contributed by atoms with van der Waals surface area (Å²) in [5.41, 5.74) is 2.16. The second kappa shape index (κ2) is 7.34. The second-order valence-electron chi connectivity index (χ2n) is 5.73. The molecule has 1 rings (SSSR count). The number of aryl methyl sites for hydroxylation is 1. The first kappa shape index (κ1) is 14.9. The highest BCUT2D eigenvalue weighted by Gasteiger charge is 2.05. The molecule has 0 aliphatic heterocycles. The molecule has 0 aliphatic rings. The van der Waals surface area contributed by atoms with Crippen LogP contribution >= 0.6 is 0 Å². The topological polar surface area (TPSA) is 37.8 Å². The van der Waals surface area contributed by atoms with Gasteiger partial charge >= 0.3 is 0 Å². The molecule has 0 amide bonds. The van der Waals surface area contributed by atoms with Crippen LogP contribution in [-0.4, -0.2) is 16.5 Å². The summed E-state index contributed by atoms with van der Waals surface area (Å²) in [4.78, 5) is 8.97. The number of hydrogen-bond acceptors (Lipinski definition) is 3. The summed E-state index contributed by atoms with van der Waals surface area (Å²) in [6, 6.07) is 2.06. The van der Waals surface area contributed by atoms with Gasteiger partial charge in [-0.1, -0.05) is 40.5 Å². The lowest BCUT2D eigenvalue weighted by Crippen LogP contribution is -2.08. The Balaban J connectivity index is 2.42. The molecule has 0 atom stereocenters. The average molecular weight is 249 g/mol. The van der Waals surface area contributed by atoms with Gasteiger partial charge in [0.15, 0.2) is 0 Å². The fourth-order valence-electron chi connectivity index (χ4n) is 1.85. The molecule has 0 saturated heterocycles. The predicted molar refractivity (Wildman–Crippen MR) is 78.0 cm³/mol. The molecule has 0 saturated carbocycles. The summed E-state index contributed by atoms with van der Waals surface area (Å²) in [5, 5.41) is 3.33. The number of hydrogen-bond donors (Lipinski definition) is 1. The van der Waals surface area contributed by atoms with Crippen molar-refractivity contribution in [1.29, 1.82) is 0 Å². The standard InChI is InChI=1S/C15H27N3/c1-11(2)8-6-7-9-16-15-17-13(5)10-14(18-15)12(3)4/h10-12H,6-9H2,1-5H3,(H,16,17,18). The summed E-state index contributed by atoms with van der Waals surface area (Å²) < 4.78 is 0. The monoisotopic (exact) mass is 249 g/mol. The van der Waals surface area contributed by atoms with E-state index < -0.39 is 0 Å². The van der Waals surface area contributed by atoms with Crippen LogP contribution in [0.15, 0.2) is 6.07 Å². The first-order valence-electron chi connectivity index (χ1n) is 7.08. The van der Waals surface area contributed by atoms with Crippen molar-refractivity contribution in [1.82, 2.24) is 9.97 Å². The van der Waals surface area contributed by atoms with E-state index in [1.165, 1.54) is 19.3 Å². The van der Waals surface area contributed by atoms with Gasteiger partial charge in [-0.25, -0.2) is 9.97 Å². The van der Waals surface area contributed by atoms with Crippen molar-refractivity contribution in [3.05, 3.63) is 17.5 Å². The zero-order valence-electron chi connectivity index (χ0n) is 12.5. The zero-order valence-corrected chi connectivity index (χ0v) is 12.5. The number of nitrogens with one attached hydrogen (secondary N) is 1. The summed E-state index contributed by atoms with van der Waals surface area (Å²) in [6.45, 7) is 11.9. The number of nitrogens with zero attached hydrogens (tertiary/aromatic N) is 2. The molecule has 0 unspecified atom stereocenters. The van der Waals surface area contributed by atoms with Gasteiger partial charge in [-0.05, 0) is 31.2 Å². The lowest BCUT2D eigenvalue weighted by molar-refractivity contribution is 0.544. The van der Waals surface area contributed by atoms with Crippen molar-refractivity contribution in [2.45, 2.75) is 59.8 Å². The van der Waals surface area contributed by atoms with Crippen molar-refractivity contribution in [3.63, 3.8) is 0 Å². The van der Waals surface area contributed by atoms with Crippen molar-refractivity contribution in [2.24, 2.45) is 5.92 Å². The third-order valence-electron chi connectivity index (χ3n) is 2.96. The zero-order chi connectivity index (χ0) is 13.5. The molecular formula is C15H27N3. The Morgan fingerprint density at radius 3 is 2.44 bits per heavy atom. The van der Waals surface area contributed by atoms with E-state index in [2.05, 4.69) is 49.0 Å². The van der Waals surface area contributed by atoms with Crippen LogP contribution in [0, 0.1) is 12.8 Å². The Morgan fingerprint density at radius 2 is 1.83 bits per heavy atom. The van der Waals surface area contributed by atoms with Crippen molar-refractivity contribution in [2.75, 3.05) is 11.9 Å². The molecule has 102 valence electrons. The largest absolute Gasteiger partial charge is 0.354 e. The van der Waals surface area contributed by atoms with Crippen LogP contribution in [0.1, 0.15) is 64.3 Å². The molecule has 0 aliphatic carbocycles. The van der Waals surface area contributed by atoms with E-state index in [0.29, 0.717) is 5.92 Å². The molecule has 0 aromatic carbocycles. The first-order chi connectivity index (χ1) is 8.49. The Bertz CT molecular complexity index is 359. The van der Waals surface area contributed by atoms with Gasteiger partial charge in [0, 0.05) is 17.9 Å². The third kappa shape index (κ3) is 5.48. The molecule has 3 heteroatoms. The molecule has 1 aromatic rings. The quantitative estimate of drug-likeness (QED) is 0.738. The van der Waals surface area contributed by atoms with Crippen LogP contribution in [0.2, 0.25) is 0 Å². The minimum Gasteiger partial charge on any atom is -0.354 e. The molecular weight excluding hydrogens is 222 g/mol. The second-order valence-corrected chi connectivity index (χ2v) is 5.73. The van der Waals surface area contributed by atoms with E-state index in [-0.39, 0.29) is 0 Å². The summed E-state index contributed by atoms with van der Waals surface area (Å²) in [7, 11) is 0. The molecule has 0 bridgehead atoms. The minimum atomic E-state index is 0.452. The van der Waals surface area contributed by atoms with Gasteiger partial charge in [0.2, 0.25) is 5.95 Å². The van der Waals surface area contributed by atoms with Crippen LogP contribution in [0.25, 0.3) is 0 Å². The Labute approximate surface area is 111 Å². The van der Waals surface area contributed by atoms with Crippen LogP contribution in [0.4, 0.5) is 5.95 Å². The van der Waals surface area contributed by atoms with E-state index >= 15 is 0 Å². The minimum absolute atomic E-state index is 0.452. The smallest absolute Gasteiger partial charge is 0.223 e. The van der Waals surface area contributed by atoms with Gasteiger partial charge in [-0.3, -0.25) is 0 Å². The SMILES string of the molecule is Cc1cc(C(C)C)nc(NCCCCC(C)C)n1. The highest BCUT2D eigenvalue weighted by molar-refractivity contribution is 5.28. The lowest BCUT2D eigenvalue weighted by Gasteiger charge is -2.10. The van der Waals surface area contributed by atoms with Gasteiger partial charge in [-0.2, -0.15) is 0 Å². The predicted octanol–water partition coefficient (Wildman–Crippen LogP) is 4.15. The van der Waals surface area contributed by atoms with Crippen LogP contribution in [-0.2, 0) is 0 Å². The van der Waals surface area contributed by atoms with Gasteiger partial charge in [-0.15, -0.1) is 0 Å². The molecule has 0 fully saturated rings. The molecule has 0 spiro atoms. The number of anilines is 1. The third-order valence-corrected chi connectivity index (χ3v) is 2.96. The van der Waals surface area contributed by atoms with Gasteiger partial charge < -0.3 is 5.32 Å². The number of aromatic nitrogens is 2. The fraction of sp³-hybridized carbons (Fsp3) is 0.733. The van der Waals surface area contributed by atoms with E-state index in [9.17, 15) is 0 Å². The molecule has 1 heterocycles. The lowest BCUT2D eigenvalue weighted by atomic mass is 10.1. The Kier molecular flexibility index (Phi) is 6.10. The fourth-order valence-corrected chi connectivity index (χ4v) is 1.85. The van der Waals surface area contributed by atoms with Gasteiger partial charge in [0.05, 0.1) is 0 Å². The van der Waals surface area contributed by atoms with E-state index in [0.717, 1.165) is 29.8 Å². The summed E-state index contributed by atoms with van der Waals surface area (Å²) in [5.74, 6) is 2.03. The summed E-state index contributed by atoms with van der Waals surface area (Å²) in [6.07, 6.45) is 3.76. The van der Waals surface area contributed by atoms with Crippen LogP contribution < -0.4 is 5.32 Å². The molecule has 3 nitrogen and oxygen atoms in total. The maximum atomic E-state index is 4.54. The van der Waals surface area contributed by atoms with Crippen molar-refractivity contribution < 1.29 is 0 Å². The Hall–Kier alpha value is -1.12. The van der Waals surface area contributed by atoms with Crippen LogP contribution in [0.3, 0.4) is 0 Å². The maximum Gasteiger partial charge on any atom is 0.223 e. The highest BCUT2D eigenvalue weighted by Crippen LogP contribution is 2.14. The van der Waals surface area contributed by atoms with Gasteiger partial charge in [0.1, 0.15) is 0 Å². The molecule has 1 aromatic heterocycles. The van der Waals surface area contributed by atoms with Crippen molar-refractivity contribution in [3.8, 4) is 0 Å². The van der Waals surface area contributed by atoms with Crippen molar-refractivity contribution >= 4 is 5.95 Å². The number of unbranched alkanes of at least 4 members (excludes halogenated alkanes) is 1. The highest BCUT2D eigenvalue weighted by atomic mass is 15.1. The normalized spacial score (nSPS) is 11.3. The summed E-state index contributed by atoms with van der Waals surface area (Å²) >= 11 is 0. The van der Waals surface area contributed by atoms with Crippen LogP contribution in [0.5, 0.6) is 0 Å². The molecule has 1 N–H and O–H groups in total. The van der Waals surface area contributed by atoms with Gasteiger partial charge in [0.25, 0.3) is 0 Å². The maximum absolute atomic E-state index is 4.54. The Morgan fingerprint density at radius 1 is 1.11 bits per heavy atom. The first-order valence-corrected chi connectivity index (χ1v) is 7.08. The molecule has 18 heavy (non-hydrogen) atoms. The van der Waals surface area contributed by atoms with E-state index in [1.54, 1.807) is 0 Å². The number of rotatable bonds is 7. The van der Waals surface area contributed by atoms with E-state index in [4.69, 9.17) is 0 Å². The molecule has 0 radical (unpaired) electrons. The van der Waals surface area contributed by atoms with E-state index in [1.807, 2.05) is 6.92 Å². The average Bonchev–Trinajstić information content (AvgIpc) is 2.27.